The van der Waals surface area contributed by atoms with Crippen molar-refractivity contribution in [3.63, 3.8) is 0 Å². The number of nitrogens with one attached hydrogen (secondary N) is 1. The third kappa shape index (κ3) is 5.38. The Hall–Kier alpha value is -2.28. The van der Waals surface area contributed by atoms with Gasteiger partial charge in [0.25, 0.3) is 5.91 Å². The minimum Gasteiger partial charge on any atom is -0.493 e. The van der Waals surface area contributed by atoms with Crippen LogP contribution in [0.4, 0.5) is 5.69 Å². The van der Waals surface area contributed by atoms with Crippen LogP contribution in [0, 0.1) is 0 Å². The Labute approximate surface area is 170 Å². The lowest BCUT2D eigenvalue weighted by molar-refractivity contribution is -0.0292. The molecule has 1 saturated heterocycles. The number of morpholine rings is 1. The number of hydrogen-bond acceptors (Lipinski definition) is 5. The van der Waals surface area contributed by atoms with Crippen molar-refractivity contribution in [1.29, 1.82) is 0 Å². The lowest BCUT2D eigenvalue weighted by atomic mass is 10.1. The summed E-state index contributed by atoms with van der Waals surface area (Å²) in [4.78, 5) is 15.0. The summed E-state index contributed by atoms with van der Waals surface area (Å²) in [6.07, 6.45) is -0.0683. The molecule has 0 aromatic heterocycles. The molecule has 1 atom stereocenters. The Kier molecular flexibility index (Phi) is 7.14. The highest BCUT2D eigenvalue weighted by atomic mass is 35.5. The van der Waals surface area contributed by atoms with Crippen LogP contribution in [-0.4, -0.2) is 49.8 Å². The normalized spacial score (nSPS) is 17.3. The third-order valence-corrected chi connectivity index (χ3v) is 4.93. The smallest absolute Gasteiger partial charge is 0.255 e. The van der Waals surface area contributed by atoms with Crippen LogP contribution in [0.25, 0.3) is 0 Å². The number of nitrogen functional groups attached to an aromatic ring is 1. The molecule has 0 saturated carbocycles. The highest BCUT2D eigenvalue weighted by molar-refractivity contribution is 6.33. The second kappa shape index (κ2) is 9.78. The van der Waals surface area contributed by atoms with Gasteiger partial charge in [-0.2, -0.15) is 0 Å². The number of anilines is 1. The highest BCUT2D eigenvalue weighted by Gasteiger charge is 2.22. The Balaban J connectivity index is 1.57. The number of nitrogens with two attached hydrogens (primary N) is 1. The highest BCUT2D eigenvalue weighted by Crippen LogP contribution is 2.29. The predicted octanol–water partition coefficient (Wildman–Crippen LogP) is 2.95. The Morgan fingerprint density at radius 1 is 1.36 bits per heavy atom. The van der Waals surface area contributed by atoms with Gasteiger partial charge in [-0.3, -0.25) is 9.69 Å². The van der Waals surface area contributed by atoms with Crippen LogP contribution in [0.15, 0.2) is 42.5 Å². The average molecular weight is 404 g/mol. The van der Waals surface area contributed by atoms with Crippen LogP contribution < -0.4 is 15.8 Å². The van der Waals surface area contributed by atoms with Crippen molar-refractivity contribution in [2.24, 2.45) is 0 Å². The van der Waals surface area contributed by atoms with Crippen molar-refractivity contribution in [3.8, 4) is 5.75 Å². The fraction of sp³-hybridized carbons (Fsp3) is 0.381. The molecule has 2 aromatic rings. The maximum Gasteiger partial charge on any atom is 0.255 e. The van der Waals surface area contributed by atoms with Crippen LogP contribution in [0.1, 0.15) is 22.8 Å². The summed E-state index contributed by atoms with van der Waals surface area (Å²) < 4.78 is 11.3. The zero-order valence-corrected chi connectivity index (χ0v) is 16.7. The van der Waals surface area contributed by atoms with Gasteiger partial charge in [-0.15, -0.1) is 0 Å². The minimum absolute atomic E-state index is 0.0683. The van der Waals surface area contributed by atoms with E-state index in [1.54, 1.807) is 12.1 Å². The number of hydrogen-bond donors (Lipinski definition) is 2. The van der Waals surface area contributed by atoms with E-state index in [-0.39, 0.29) is 12.0 Å². The maximum atomic E-state index is 12.7. The van der Waals surface area contributed by atoms with E-state index < -0.39 is 0 Å². The number of amides is 1. The molecule has 1 aliphatic heterocycles. The van der Waals surface area contributed by atoms with E-state index in [1.165, 1.54) is 5.56 Å². The van der Waals surface area contributed by atoms with Crippen LogP contribution in [0.2, 0.25) is 5.02 Å². The quantitative estimate of drug-likeness (QED) is 0.695. The Bertz CT molecular complexity index is 801. The second-order valence-electron chi connectivity index (χ2n) is 6.73. The molecule has 0 unspecified atom stereocenters. The molecule has 2 aromatic carbocycles. The lowest BCUT2D eigenvalue weighted by Gasteiger charge is -2.33. The maximum absolute atomic E-state index is 12.7. The standard InChI is InChI=1S/C21H26ClN3O3/c1-2-27-20-11-19(23)18(22)10-17(20)21(26)24-12-16-14-25(8-9-28-16)13-15-6-4-3-5-7-15/h3-7,10-11,16H,2,8-9,12-14,23H2,1H3,(H,24,26)/t16-/m0/s1. The lowest BCUT2D eigenvalue weighted by Crippen LogP contribution is -2.47. The van der Waals surface area contributed by atoms with E-state index in [1.807, 2.05) is 25.1 Å². The summed E-state index contributed by atoms with van der Waals surface area (Å²) in [7, 11) is 0. The van der Waals surface area contributed by atoms with Gasteiger partial charge < -0.3 is 20.5 Å². The first-order chi connectivity index (χ1) is 13.6. The van der Waals surface area contributed by atoms with Crippen LogP contribution in [-0.2, 0) is 11.3 Å². The molecule has 1 amide bonds. The minimum atomic E-state index is -0.255. The van der Waals surface area contributed by atoms with Crippen molar-refractivity contribution < 1.29 is 14.3 Å². The molecular formula is C21H26ClN3O3. The fourth-order valence-electron chi connectivity index (χ4n) is 3.21. The van der Waals surface area contributed by atoms with Crippen molar-refractivity contribution in [3.05, 3.63) is 58.6 Å². The molecule has 0 spiro atoms. The van der Waals surface area contributed by atoms with Gasteiger partial charge >= 0.3 is 0 Å². The predicted molar refractivity (Wildman–Crippen MR) is 111 cm³/mol. The Morgan fingerprint density at radius 2 is 2.14 bits per heavy atom. The van der Waals surface area contributed by atoms with E-state index in [9.17, 15) is 4.79 Å². The van der Waals surface area contributed by atoms with Crippen LogP contribution in [0.3, 0.4) is 0 Å². The summed E-state index contributed by atoms with van der Waals surface area (Å²) in [6.45, 7) is 5.85. The van der Waals surface area contributed by atoms with Crippen LogP contribution in [0.5, 0.6) is 5.75 Å². The third-order valence-electron chi connectivity index (χ3n) is 4.61. The summed E-state index contributed by atoms with van der Waals surface area (Å²) in [5.74, 6) is 0.172. The Morgan fingerprint density at radius 3 is 2.89 bits per heavy atom. The number of nitrogens with zero attached hydrogens (tertiary/aromatic N) is 1. The van der Waals surface area contributed by atoms with E-state index in [0.717, 1.165) is 19.6 Å². The van der Waals surface area contributed by atoms with Crippen molar-refractivity contribution in [1.82, 2.24) is 10.2 Å². The largest absolute Gasteiger partial charge is 0.493 e. The molecular weight excluding hydrogens is 378 g/mol. The number of carbonyl (C=O) groups is 1. The van der Waals surface area contributed by atoms with Gasteiger partial charge in [0, 0.05) is 32.2 Å². The first-order valence-electron chi connectivity index (χ1n) is 9.44. The summed E-state index contributed by atoms with van der Waals surface area (Å²) >= 11 is 6.08. The van der Waals surface area contributed by atoms with E-state index in [0.29, 0.717) is 41.8 Å². The summed E-state index contributed by atoms with van der Waals surface area (Å²) in [5, 5.41) is 3.26. The topological polar surface area (TPSA) is 76.8 Å². The van der Waals surface area contributed by atoms with Crippen molar-refractivity contribution in [2.75, 3.05) is 38.6 Å². The zero-order chi connectivity index (χ0) is 19.9. The van der Waals surface area contributed by atoms with Gasteiger partial charge in [0.1, 0.15) is 5.75 Å². The van der Waals surface area contributed by atoms with Crippen LogP contribution >= 0.6 is 11.6 Å². The van der Waals surface area contributed by atoms with Gasteiger partial charge in [0.15, 0.2) is 0 Å². The number of rotatable bonds is 7. The molecule has 150 valence electrons. The number of halogens is 1. The second-order valence-corrected chi connectivity index (χ2v) is 7.13. The first-order valence-corrected chi connectivity index (χ1v) is 9.82. The van der Waals surface area contributed by atoms with E-state index >= 15 is 0 Å². The summed E-state index contributed by atoms with van der Waals surface area (Å²) in [5.41, 5.74) is 7.85. The molecule has 0 aliphatic carbocycles. The average Bonchev–Trinajstić information content (AvgIpc) is 2.70. The molecule has 1 aliphatic rings. The molecule has 28 heavy (non-hydrogen) atoms. The first kappa shape index (κ1) is 20.5. The SMILES string of the molecule is CCOc1cc(N)c(Cl)cc1C(=O)NC[C@H]1CN(Cc2ccccc2)CCO1. The number of ether oxygens (including phenoxy) is 2. The monoisotopic (exact) mass is 403 g/mol. The fourth-order valence-corrected chi connectivity index (χ4v) is 3.38. The van der Waals surface area contributed by atoms with Crippen molar-refractivity contribution in [2.45, 2.75) is 19.6 Å². The zero-order valence-electron chi connectivity index (χ0n) is 16.0. The van der Waals surface area contributed by atoms with Gasteiger partial charge in [-0.25, -0.2) is 0 Å². The molecule has 1 fully saturated rings. The van der Waals surface area contributed by atoms with E-state index in [2.05, 4.69) is 22.3 Å². The molecule has 3 N–H and O–H groups in total. The molecule has 3 rings (SSSR count). The van der Waals surface area contributed by atoms with Gasteiger partial charge in [0.2, 0.25) is 0 Å². The number of benzene rings is 2. The van der Waals surface area contributed by atoms with Gasteiger partial charge in [0.05, 0.1) is 35.6 Å². The molecule has 1 heterocycles. The van der Waals surface area contributed by atoms with E-state index in [4.69, 9.17) is 26.8 Å². The van der Waals surface area contributed by atoms with Gasteiger partial charge in [-0.05, 0) is 18.6 Å². The molecule has 7 heteroatoms. The number of carbonyl (C=O) groups excluding carboxylic acids is 1. The van der Waals surface area contributed by atoms with Crippen molar-refractivity contribution >= 4 is 23.2 Å². The molecule has 0 bridgehead atoms. The summed E-state index contributed by atoms with van der Waals surface area (Å²) in [6, 6.07) is 13.5. The van der Waals surface area contributed by atoms with Gasteiger partial charge in [-0.1, -0.05) is 41.9 Å². The molecule has 6 nitrogen and oxygen atoms in total. The molecule has 0 radical (unpaired) electrons.